The fourth-order valence-corrected chi connectivity index (χ4v) is 4.50. The van der Waals surface area contributed by atoms with Crippen molar-refractivity contribution in [1.29, 1.82) is 0 Å². The number of aliphatic carboxylic acids is 1. The molecule has 2 aliphatic rings. The van der Waals surface area contributed by atoms with E-state index in [0.29, 0.717) is 41.5 Å². The zero-order valence-electron chi connectivity index (χ0n) is 16.1. The maximum atomic E-state index is 12.8. The molecule has 27 heavy (non-hydrogen) atoms. The number of anilines is 1. The summed E-state index contributed by atoms with van der Waals surface area (Å²) >= 11 is 0. The van der Waals surface area contributed by atoms with Gasteiger partial charge >= 0.3 is 12.0 Å². The average Bonchev–Trinajstić information content (AvgIpc) is 3.20. The third-order valence-electron chi connectivity index (χ3n) is 5.88. The number of carbonyl (C=O) groups is 2. The van der Waals surface area contributed by atoms with Crippen LogP contribution in [0.4, 0.5) is 10.5 Å². The number of likely N-dealkylation sites (tertiary alicyclic amines) is 1. The Balaban J connectivity index is 1.85. The molecule has 2 amide bonds. The van der Waals surface area contributed by atoms with E-state index in [1.807, 2.05) is 6.92 Å². The van der Waals surface area contributed by atoms with Crippen LogP contribution in [0.2, 0.25) is 0 Å². The molecule has 1 aromatic carbocycles. The second kappa shape index (κ2) is 7.17. The predicted octanol–water partition coefficient (Wildman–Crippen LogP) is 2.74. The molecule has 0 spiro atoms. The van der Waals surface area contributed by atoms with Crippen molar-refractivity contribution in [2.75, 3.05) is 39.7 Å². The first-order chi connectivity index (χ1) is 12.9. The monoisotopic (exact) mass is 378 g/mol. The summed E-state index contributed by atoms with van der Waals surface area (Å²) in [6, 6.07) is 1.31. The first kappa shape index (κ1) is 19.1. The third-order valence-corrected chi connectivity index (χ3v) is 5.88. The van der Waals surface area contributed by atoms with Crippen LogP contribution in [0, 0.1) is 18.3 Å². The fourth-order valence-electron chi connectivity index (χ4n) is 4.50. The van der Waals surface area contributed by atoms with Gasteiger partial charge in [-0.1, -0.05) is 6.42 Å². The third kappa shape index (κ3) is 3.02. The lowest BCUT2D eigenvalue weighted by atomic mass is 9.81. The number of fused-ring (bicyclic) bond motifs is 1. The summed E-state index contributed by atoms with van der Waals surface area (Å²) < 4.78 is 16.2. The number of methoxy groups -OCH3 is 3. The minimum atomic E-state index is -0.811. The minimum absolute atomic E-state index is 0.00906. The number of hydrogen-bond acceptors (Lipinski definition) is 5. The second-order valence-corrected chi connectivity index (χ2v) is 7.18. The van der Waals surface area contributed by atoms with Gasteiger partial charge in [-0.2, -0.15) is 0 Å². The van der Waals surface area contributed by atoms with Crippen molar-refractivity contribution in [3.8, 4) is 17.2 Å². The topological polar surface area (TPSA) is 97.3 Å². The normalized spacial score (nSPS) is 23.7. The van der Waals surface area contributed by atoms with E-state index in [0.717, 1.165) is 12.8 Å². The van der Waals surface area contributed by atoms with Crippen LogP contribution < -0.4 is 19.5 Å². The fraction of sp³-hybridized carbons (Fsp3) is 0.579. The predicted molar refractivity (Wildman–Crippen MR) is 98.8 cm³/mol. The largest absolute Gasteiger partial charge is 0.494 e. The first-order valence-corrected chi connectivity index (χ1v) is 8.96. The maximum Gasteiger partial charge on any atom is 0.321 e. The summed E-state index contributed by atoms with van der Waals surface area (Å²) in [6.45, 7) is 2.50. The van der Waals surface area contributed by atoms with Crippen LogP contribution in [0.5, 0.6) is 17.2 Å². The number of nitrogens with one attached hydrogen (secondary N) is 1. The number of urea groups is 1. The van der Waals surface area contributed by atoms with Gasteiger partial charge in [0.05, 0.1) is 32.4 Å². The van der Waals surface area contributed by atoms with Gasteiger partial charge in [-0.3, -0.25) is 4.79 Å². The van der Waals surface area contributed by atoms with Gasteiger partial charge < -0.3 is 29.5 Å². The highest BCUT2D eigenvalue weighted by atomic mass is 16.5. The van der Waals surface area contributed by atoms with Crippen LogP contribution in [0.15, 0.2) is 6.07 Å². The number of carboxylic acid groups (broad SMARTS) is 1. The van der Waals surface area contributed by atoms with Crippen molar-refractivity contribution in [3.63, 3.8) is 0 Å². The molecule has 1 aromatic rings. The number of ether oxygens (including phenoxy) is 3. The second-order valence-electron chi connectivity index (χ2n) is 7.18. The zero-order valence-corrected chi connectivity index (χ0v) is 16.1. The highest BCUT2D eigenvalue weighted by Crippen LogP contribution is 2.49. The molecule has 1 aliphatic carbocycles. The molecule has 0 aromatic heterocycles. The van der Waals surface area contributed by atoms with E-state index in [4.69, 9.17) is 14.2 Å². The van der Waals surface area contributed by atoms with Gasteiger partial charge in [0.25, 0.3) is 0 Å². The van der Waals surface area contributed by atoms with Crippen molar-refractivity contribution in [3.05, 3.63) is 11.6 Å². The number of carbonyl (C=O) groups excluding carboxylic acids is 1. The van der Waals surface area contributed by atoms with Gasteiger partial charge in [-0.05, 0) is 25.7 Å². The molecule has 1 saturated heterocycles. The number of nitrogens with zero attached hydrogens (tertiary/aromatic N) is 1. The Labute approximate surface area is 158 Å². The molecular weight excluding hydrogens is 352 g/mol. The number of rotatable bonds is 5. The number of hydrogen-bond donors (Lipinski definition) is 2. The lowest BCUT2D eigenvalue weighted by molar-refractivity contribution is -0.149. The summed E-state index contributed by atoms with van der Waals surface area (Å²) in [7, 11) is 4.58. The Morgan fingerprint density at radius 2 is 1.93 bits per heavy atom. The first-order valence-electron chi connectivity index (χ1n) is 8.96. The van der Waals surface area contributed by atoms with E-state index in [9.17, 15) is 14.7 Å². The van der Waals surface area contributed by atoms with E-state index >= 15 is 0 Å². The van der Waals surface area contributed by atoms with Gasteiger partial charge in [0.1, 0.15) is 5.75 Å². The smallest absolute Gasteiger partial charge is 0.321 e. The molecule has 3 rings (SSSR count). The molecule has 2 atom stereocenters. The van der Waals surface area contributed by atoms with E-state index < -0.39 is 11.4 Å². The quantitative estimate of drug-likeness (QED) is 0.818. The Morgan fingerprint density at radius 3 is 2.48 bits per heavy atom. The number of carboxylic acids is 1. The van der Waals surface area contributed by atoms with Crippen LogP contribution in [0.3, 0.4) is 0 Å². The summed E-state index contributed by atoms with van der Waals surface area (Å²) in [5.41, 5.74) is 0.351. The molecule has 0 radical (unpaired) electrons. The molecule has 148 valence electrons. The van der Waals surface area contributed by atoms with E-state index in [1.54, 1.807) is 11.0 Å². The number of amides is 2. The lowest BCUT2D eigenvalue weighted by Gasteiger charge is -2.24. The van der Waals surface area contributed by atoms with Crippen molar-refractivity contribution in [1.82, 2.24) is 4.90 Å². The number of benzene rings is 1. The van der Waals surface area contributed by atoms with Crippen LogP contribution in [0.1, 0.15) is 24.8 Å². The van der Waals surface area contributed by atoms with E-state index in [-0.39, 0.29) is 18.5 Å². The minimum Gasteiger partial charge on any atom is -0.494 e. The highest BCUT2D eigenvalue weighted by molar-refractivity contribution is 5.93. The van der Waals surface area contributed by atoms with Crippen molar-refractivity contribution in [2.24, 2.45) is 11.3 Å². The van der Waals surface area contributed by atoms with Crippen LogP contribution in [-0.4, -0.2) is 56.4 Å². The summed E-state index contributed by atoms with van der Waals surface area (Å²) in [5, 5.41) is 12.5. The van der Waals surface area contributed by atoms with E-state index in [2.05, 4.69) is 5.32 Å². The van der Waals surface area contributed by atoms with Gasteiger partial charge in [0, 0.05) is 24.7 Å². The van der Waals surface area contributed by atoms with Crippen LogP contribution in [-0.2, 0) is 4.79 Å². The molecule has 2 fully saturated rings. The molecule has 0 unspecified atom stereocenters. The Kier molecular flexibility index (Phi) is 5.08. The zero-order chi connectivity index (χ0) is 19.8. The van der Waals surface area contributed by atoms with Crippen LogP contribution >= 0.6 is 0 Å². The standard InChI is InChI=1S/C19H26N2O6/c1-11-15(26-3)13(8-14(25-2)16(11)27-4)20-18(24)21-9-12-6-5-7-19(12,10-21)17(22)23/h8,12H,5-7,9-10H2,1-4H3,(H,20,24)(H,22,23)/t12-,19+/m0/s1. The molecular formula is C19H26N2O6. The summed E-state index contributed by atoms with van der Waals surface area (Å²) in [5.74, 6) is 0.697. The van der Waals surface area contributed by atoms with Crippen molar-refractivity contribution < 1.29 is 28.9 Å². The SMILES string of the molecule is COc1cc(NC(=O)N2C[C@@H]3CCC[C@@]3(C(=O)O)C2)c(OC)c(C)c1OC. The molecule has 2 N–H and O–H groups in total. The summed E-state index contributed by atoms with van der Waals surface area (Å²) in [4.78, 5) is 26.2. The van der Waals surface area contributed by atoms with E-state index in [1.165, 1.54) is 21.3 Å². The van der Waals surface area contributed by atoms with Crippen LogP contribution in [0.25, 0.3) is 0 Å². The molecule has 8 nitrogen and oxygen atoms in total. The molecule has 8 heteroatoms. The molecule has 1 aliphatic heterocycles. The van der Waals surface area contributed by atoms with Gasteiger partial charge in [0.15, 0.2) is 11.5 Å². The average molecular weight is 378 g/mol. The van der Waals surface area contributed by atoms with Crippen molar-refractivity contribution in [2.45, 2.75) is 26.2 Å². The molecule has 1 saturated carbocycles. The summed E-state index contributed by atoms with van der Waals surface area (Å²) in [6.07, 6.45) is 2.36. The highest BCUT2D eigenvalue weighted by Gasteiger charge is 2.55. The Bertz CT molecular complexity index is 765. The Morgan fingerprint density at radius 1 is 1.22 bits per heavy atom. The maximum absolute atomic E-state index is 12.8. The van der Waals surface area contributed by atoms with Gasteiger partial charge in [-0.25, -0.2) is 4.79 Å². The van der Waals surface area contributed by atoms with Gasteiger partial charge in [0.2, 0.25) is 0 Å². The van der Waals surface area contributed by atoms with Crippen molar-refractivity contribution >= 4 is 17.7 Å². The molecule has 1 heterocycles. The van der Waals surface area contributed by atoms with Gasteiger partial charge in [-0.15, -0.1) is 0 Å². The molecule has 0 bridgehead atoms. The Hall–Kier alpha value is -2.64. The lowest BCUT2D eigenvalue weighted by Crippen LogP contribution is -2.38.